The molecule has 0 amide bonds. The van der Waals surface area contributed by atoms with Gasteiger partial charge in [-0.15, -0.1) is 0 Å². The molecule has 0 saturated carbocycles. The fourth-order valence-electron chi connectivity index (χ4n) is 2.26. The molecule has 1 saturated heterocycles. The van der Waals surface area contributed by atoms with Gasteiger partial charge in [-0.1, -0.05) is 13.8 Å². The fraction of sp³-hybridized carbons (Fsp3) is 1.00. The van der Waals surface area contributed by atoms with Crippen molar-refractivity contribution in [2.45, 2.75) is 45.6 Å². The van der Waals surface area contributed by atoms with Crippen LogP contribution in [0.2, 0.25) is 0 Å². The van der Waals surface area contributed by atoms with Gasteiger partial charge in [0.2, 0.25) is 0 Å². The third kappa shape index (κ3) is 3.97. The monoisotopic (exact) mass is 199 g/mol. The fourth-order valence-corrected chi connectivity index (χ4v) is 2.26. The van der Waals surface area contributed by atoms with Gasteiger partial charge in [0.15, 0.2) is 0 Å². The van der Waals surface area contributed by atoms with Gasteiger partial charge < -0.3 is 10.1 Å². The van der Waals surface area contributed by atoms with E-state index in [-0.39, 0.29) is 0 Å². The minimum Gasteiger partial charge on any atom is -0.381 e. The molecule has 0 aromatic carbocycles. The van der Waals surface area contributed by atoms with Gasteiger partial charge in [-0.25, -0.2) is 0 Å². The minimum atomic E-state index is 0.692. The molecule has 1 rings (SSSR count). The summed E-state index contributed by atoms with van der Waals surface area (Å²) in [6, 6.07) is 0.692. The maximum absolute atomic E-state index is 5.36. The largest absolute Gasteiger partial charge is 0.381 e. The molecule has 1 atom stereocenters. The van der Waals surface area contributed by atoms with Crippen molar-refractivity contribution < 1.29 is 4.74 Å². The van der Waals surface area contributed by atoms with Crippen LogP contribution in [0.1, 0.15) is 39.5 Å². The third-order valence-corrected chi connectivity index (χ3v) is 3.40. The molecule has 0 spiro atoms. The van der Waals surface area contributed by atoms with Gasteiger partial charge >= 0.3 is 0 Å². The molecule has 0 radical (unpaired) electrons. The van der Waals surface area contributed by atoms with Gasteiger partial charge in [0, 0.05) is 19.3 Å². The van der Waals surface area contributed by atoms with Crippen molar-refractivity contribution >= 4 is 0 Å². The molecule has 84 valence electrons. The van der Waals surface area contributed by atoms with E-state index in [1.54, 1.807) is 0 Å². The summed E-state index contributed by atoms with van der Waals surface area (Å²) < 4.78 is 5.36. The zero-order chi connectivity index (χ0) is 10.4. The van der Waals surface area contributed by atoms with Crippen LogP contribution >= 0.6 is 0 Å². The Balaban J connectivity index is 2.16. The van der Waals surface area contributed by atoms with E-state index in [9.17, 15) is 0 Å². The first-order chi connectivity index (χ1) is 6.74. The number of hydrogen-bond donors (Lipinski definition) is 1. The summed E-state index contributed by atoms with van der Waals surface area (Å²) in [6.45, 7) is 6.56. The predicted octanol–water partition coefficient (Wildman–Crippen LogP) is 2.44. The standard InChI is InChI=1S/C12H25NO/c1-10(2)12(13-3)5-4-11-6-8-14-9-7-11/h10-13H,4-9H2,1-3H3. The van der Waals surface area contributed by atoms with Crippen LogP contribution in [0.4, 0.5) is 0 Å². The predicted molar refractivity (Wildman–Crippen MR) is 60.5 cm³/mol. The SMILES string of the molecule is CNC(CCC1CCOCC1)C(C)C. The van der Waals surface area contributed by atoms with Crippen LogP contribution in [-0.4, -0.2) is 26.3 Å². The van der Waals surface area contributed by atoms with Crippen molar-refractivity contribution in [1.82, 2.24) is 5.32 Å². The van der Waals surface area contributed by atoms with E-state index in [0.29, 0.717) is 6.04 Å². The van der Waals surface area contributed by atoms with Crippen molar-refractivity contribution in [3.63, 3.8) is 0 Å². The second kappa shape index (κ2) is 6.41. The Bertz CT molecular complexity index is 141. The molecule has 1 unspecified atom stereocenters. The molecule has 1 fully saturated rings. The first-order valence-electron chi connectivity index (χ1n) is 5.99. The molecular weight excluding hydrogens is 174 g/mol. The normalized spacial score (nSPS) is 21.4. The summed E-state index contributed by atoms with van der Waals surface area (Å²) in [7, 11) is 2.08. The van der Waals surface area contributed by atoms with Crippen LogP contribution in [0.15, 0.2) is 0 Å². The van der Waals surface area contributed by atoms with E-state index < -0.39 is 0 Å². The highest BCUT2D eigenvalue weighted by Gasteiger charge is 2.17. The molecule has 2 heteroatoms. The summed E-state index contributed by atoms with van der Waals surface area (Å²) in [5, 5.41) is 3.41. The van der Waals surface area contributed by atoms with Crippen LogP contribution in [0.25, 0.3) is 0 Å². The topological polar surface area (TPSA) is 21.3 Å². The Hall–Kier alpha value is -0.0800. The quantitative estimate of drug-likeness (QED) is 0.734. The number of ether oxygens (including phenoxy) is 1. The van der Waals surface area contributed by atoms with E-state index in [0.717, 1.165) is 25.0 Å². The Labute approximate surface area is 88.4 Å². The molecule has 0 bridgehead atoms. The number of nitrogens with one attached hydrogen (secondary N) is 1. The lowest BCUT2D eigenvalue weighted by Gasteiger charge is -2.26. The summed E-state index contributed by atoms with van der Waals surface area (Å²) >= 11 is 0. The van der Waals surface area contributed by atoms with E-state index >= 15 is 0 Å². The van der Waals surface area contributed by atoms with E-state index in [2.05, 4.69) is 26.2 Å². The van der Waals surface area contributed by atoms with E-state index in [1.165, 1.54) is 25.7 Å². The number of rotatable bonds is 5. The highest BCUT2D eigenvalue weighted by Crippen LogP contribution is 2.22. The second-order valence-electron chi connectivity index (χ2n) is 4.77. The molecule has 0 aromatic heterocycles. The summed E-state index contributed by atoms with van der Waals surface area (Å²) in [5.74, 6) is 1.66. The molecule has 1 aliphatic heterocycles. The Morgan fingerprint density at radius 1 is 1.29 bits per heavy atom. The lowest BCUT2D eigenvalue weighted by atomic mass is 9.90. The van der Waals surface area contributed by atoms with Crippen molar-refractivity contribution in [2.24, 2.45) is 11.8 Å². The average Bonchev–Trinajstić information content (AvgIpc) is 2.20. The van der Waals surface area contributed by atoms with E-state index in [1.807, 2.05) is 0 Å². The third-order valence-electron chi connectivity index (χ3n) is 3.40. The van der Waals surface area contributed by atoms with Crippen LogP contribution in [0, 0.1) is 11.8 Å². The summed E-state index contributed by atoms with van der Waals surface area (Å²) in [5.41, 5.74) is 0. The lowest BCUT2D eigenvalue weighted by molar-refractivity contribution is 0.0620. The molecule has 0 aromatic rings. The maximum atomic E-state index is 5.36. The maximum Gasteiger partial charge on any atom is 0.0468 e. The lowest BCUT2D eigenvalue weighted by Crippen LogP contribution is -2.31. The van der Waals surface area contributed by atoms with Gasteiger partial charge in [0.25, 0.3) is 0 Å². The van der Waals surface area contributed by atoms with E-state index in [4.69, 9.17) is 4.74 Å². The molecule has 0 aliphatic carbocycles. The van der Waals surface area contributed by atoms with Crippen LogP contribution in [0.3, 0.4) is 0 Å². The Morgan fingerprint density at radius 3 is 2.43 bits per heavy atom. The van der Waals surface area contributed by atoms with Gasteiger partial charge in [-0.05, 0) is 44.6 Å². The molecule has 1 aliphatic rings. The highest BCUT2D eigenvalue weighted by molar-refractivity contribution is 4.72. The molecule has 2 nitrogen and oxygen atoms in total. The Kier molecular flexibility index (Phi) is 5.49. The van der Waals surface area contributed by atoms with Crippen molar-refractivity contribution in [3.05, 3.63) is 0 Å². The second-order valence-corrected chi connectivity index (χ2v) is 4.77. The zero-order valence-electron chi connectivity index (χ0n) is 9.88. The average molecular weight is 199 g/mol. The molecule has 14 heavy (non-hydrogen) atoms. The highest BCUT2D eigenvalue weighted by atomic mass is 16.5. The minimum absolute atomic E-state index is 0.692. The molecule has 1 heterocycles. The summed E-state index contributed by atoms with van der Waals surface area (Å²) in [6.07, 6.45) is 5.23. The van der Waals surface area contributed by atoms with Crippen molar-refractivity contribution in [1.29, 1.82) is 0 Å². The summed E-state index contributed by atoms with van der Waals surface area (Å²) in [4.78, 5) is 0. The van der Waals surface area contributed by atoms with Crippen LogP contribution in [0.5, 0.6) is 0 Å². The zero-order valence-corrected chi connectivity index (χ0v) is 9.88. The Morgan fingerprint density at radius 2 is 1.93 bits per heavy atom. The van der Waals surface area contributed by atoms with Crippen molar-refractivity contribution in [2.75, 3.05) is 20.3 Å². The van der Waals surface area contributed by atoms with Gasteiger partial charge in [0.05, 0.1) is 0 Å². The molecular formula is C12H25NO. The smallest absolute Gasteiger partial charge is 0.0468 e. The van der Waals surface area contributed by atoms with Crippen LogP contribution < -0.4 is 5.32 Å². The number of hydrogen-bond acceptors (Lipinski definition) is 2. The van der Waals surface area contributed by atoms with Gasteiger partial charge in [-0.3, -0.25) is 0 Å². The molecule has 1 N–H and O–H groups in total. The first kappa shape index (κ1) is 12.0. The van der Waals surface area contributed by atoms with Crippen molar-refractivity contribution in [3.8, 4) is 0 Å². The first-order valence-corrected chi connectivity index (χ1v) is 5.99. The van der Waals surface area contributed by atoms with Crippen LogP contribution in [-0.2, 0) is 4.74 Å². The van der Waals surface area contributed by atoms with Gasteiger partial charge in [-0.2, -0.15) is 0 Å². The van der Waals surface area contributed by atoms with Gasteiger partial charge in [0.1, 0.15) is 0 Å².